The highest BCUT2D eigenvalue weighted by Crippen LogP contribution is 2.24. The average Bonchev–Trinajstić information content (AvgIpc) is 2.49. The zero-order valence-electron chi connectivity index (χ0n) is 13.8. The number of piperidine rings is 1. The summed E-state index contributed by atoms with van der Waals surface area (Å²) < 4.78 is 0. The van der Waals surface area contributed by atoms with Gasteiger partial charge in [-0.3, -0.25) is 4.79 Å². The minimum atomic E-state index is 0.0209. The molecule has 1 saturated heterocycles. The number of aryl methyl sites for hydroxylation is 3. The molecule has 22 heavy (non-hydrogen) atoms. The van der Waals surface area contributed by atoms with Crippen molar-refractivity contribution in [1.82, 2.24) is 4.90 Å². The van der Waals surface area contributed by atoms with E-state index in [4.69, 9.17) is 5.26 Å². The van der Waals surface area contributed by atoms with Crippen LogP contribution in [0.15, 0.2) is 12.1 Å². The molecule has 1 aromatic carbocycles. The first-order valence-electron chi connectivity index (χ1n) is 7.99. The Morgan fingerprint density at radius 1 is 1.36 bits per heavy atom. The normalized spacial score (nSPS) is 18.7. The second-order valence-electron chi connectivity index (χ2n) is 6.31. The van der Waals surface area contributed by atoms with Crippen molar-refractivity contribution in [2.75, 3.05) is 25.0 Å². The third-order valence-corrected chi connectivity index (χ3v) is 4.34. The molecule has 2 rings (SSSR count). The summed E-state index contributed by atoms with van der Waals surface area (Å²) in [5, 5.41) is 11.8. The Kier molecular flexibility index (Phi) is 5.57. The number of rotatable bonds is 4. The number of benzene rings is 1. The van der Waals surface area contributed by atoms with E-state index in [-0.39, 0.29) is 11.8 Å². The Morgan fingerprint density at radius 2 is 2.05 bits per heavy atom. The van der Waals surface area contributed by atoms with Crippen LogP contribution in [0, 0.1) is 38.0 Å². The molecule has 0 radical (unpaired) electrons. The summed E-state index contributed by atoms with van der Waals surface area (Å²) in [4.78, 5) is 14.8. The SMILES string of the molecule is Cc1cc(C)c(NC(=O)C2CCCN(CCC#N)C2)c(C)c1. The summed E-state index contributed by atoms with van der Waals surface area (Å²) in [6.45, 7) is 8.67. The van der Waals surface area contributed by atoms with Crippen LogP contribution in [0.1, 0.15) is 36.0 Å². The van der Waals surface area contributed by atoms with Crippen LogP contribution >= 0.6 is 0 Å². The molecular formula is C18H25N3O. The molecular weight excluding hydrogens is 274 g/mol. The maximum atomic E-state index is 12.6. The fourth-order valence-corrected chi connectivity index (χ4v) is 3.28. The maximum absolute atomic E-state index is 12.6. The van der Waals surface area contributed by atoms with Gasteiger partial charge in [-0.25, -0.2) is 0 Å². The lowest BCUT2D eigenvalue weighted by molar-refractivity contribution is -0.121. The van der Waals surface area contributed by atoms with Gasteiger partial charge < -0.3 is 10.2 Å². The van der Waals surface area contributed by atoms with E-state index in [0.29, 0.717) is 6.42 Å². The van der Waals surface area contributed by atoms with Crippen LogP contribution in [0.25, 0.3) is 0 Å². The number of carbonyl (C=O) groups excluding carboxylic acids is 1. The number of amides is 1. The summed E-state index contributed by atoms with van der Waals surface area (Å²) >= 11 is 0. The van der Waals surface area contributed by atoms with E-state index in [0.717, 1.165) is 49.3 Å². The molecule has 0 aromatic heterocycles. The third kappa shape index (κ3) is 4.08. The van der Waals surface area contributed by atoms with Gasteiger partial charge in [0.2, 0.25) is 5.91 Å². The van der Waals surface area contributed by atoms with Crippen molar-refractivity contribution < 1.29 is 4.79 Å². The molecule has 1 fully saturated rings. The van der Waals surface area contributed by atoms with E-state index in [1.807, 2.05) is 13.8 Å². The number of nitriles is 1. The number of nitrogens with one attached hydrogen (secondary N) is 1. The Hall–Kier alpha value is -1.86. The Morgan fingerprint density at radius 3 is 2.68 bits per heavy atom. The fraction of sp³-hybridized carbons (Fsp3) is 0.556. The number of nitrogens with zero attached hydrogens (tertiary/aromatic N) is 2. The standard InChI is InChI=1S/C18H25N3O/c1-13-10-14(2)17(15(3)11-13)20-18(22)16-6-4-8-21(12-16)9-5-7-19/h10-11,16H,4-6,8-9,12H2,1-3H3,(H,20,22). The van der Waals surface area contributed by atoms with Gasteiger partial charge in [-0.1, -0.05) is 17.7 Å². The third-order valence-electron chi connectivity index (χ3n) is 4.34. The number of anilines is 1. The summed E-state index contributed by atoms with van der Waals surface area (Å²) in [6.07, 6.45) is 2.48. The van der Waals surface area contributed by atoms with Gasteiger partial charge in [0, 0.05) is 25.2 Å². The molecule has 0 bridgehead atoms. The van der Waals surface area contributed by atoms with E-state index in [2.05, 4.69) is 35.3 Å². The first-order valence-corrected chi connectivity index (χ1v) is 7.99. The molecule has 1 aliphatic rings. The van der Waals surface area contributed by atoms with Gasteiger partial charge in [-0.2, -0.15) is 5.26 Å². The van der Waals surface area contributed by atoms with Crippen molar-refractivity contribution >= 4 is 11.6 Å². The summed E-state index contributed by atoms with van der Waals surface area (Å²) in [5.41, 5.74) is 4.39. The van der Waals surface area contributed by atoms with Crippen molar-refractivity contribution in [3.63, 3.8) is 0 Å². The Bertz CT molecular complexity index is 565. The molecule has 1 atom stereocenters. The highest BCUT2D eigenvalue weighted by Gasteiger charge is 2.26. The monoisotopic (exact) mass is 299 g/mol. The summed E-state index contributed by atoms with van der Waals surface area (Å²) in [5.74, 6) is 0.129. The van der Waals surface area contributed by atoms with Crippen molar-refractivity contribution in [2.24, 2.45) is 5.92 Å². The topological polar surface area (TPSA) is 56.1 Å². The predicted molar refractivity (Wildman–Crippen MR) is 88.7 cm³/mol. The molecule has 1 aliphatic heterocycles. The quantitative estimate of drug-likeness (QED) is 0.929. The second kappa shape index (κ2) is 7.42. The molecule has 1 amide bonds. The van der Waals surface area contributed by atoms with Crippen LogP contribution in [0.4, 0.5) is 5.69 Å². The van der Waals surface area contributed by atoms with E-state index in [9.17, 15) is 4.79 Å². The lowest BCUT2D eigenvalue weighted by atomic mass is 9.96. The number of hydrogen-bond acceptors (Lipinski definition) is 3. The molecule has 0 spiro atoms. The lowest BCUT2D eigenvalue weighted by Gasteiger charge is -2.31. The molecule has 1 N–H and O–H groups in total. The van der Waals surface area contributed by atoms with E-state index in [1.54, 1.807) is 0 Å². The second-order valence-corrected chi connectivity index (χ2v) is 6.31. The van der Waals surface area contributed by atoms with Gasteiger partial charge in [-0.15, -0.1) is 0 Å². The van der Waals surface area contributed by atoms with Crippen LogP contribution < -0.4 is 5.32 Å². The van der Waals surface area contributed by atoms with Crippen LogP contribution in [0.3, 0.4) is 0 Å². The van der Waals surface area contributed by atoms with Crippen LogP contribution in [-0.4, -0.2) is 30.4 Å². The summed E-state index contributed by atoms with van der Waals surface area (Å²) in [6, 6.07) is 6.38. The fourth-order valence-electron chi connectivity index (χ4n) is 3.28. The smallest absolute Gasteiger partial charge is 0.228 e. The van der Waals surface area contributed by atoms with Crippen LogP contribution in [0.5, 0.6) is 0 Å². The lowest BCUT2D eigenvalue weighted by Crippen LogP contribution is -2.41. The van der Waals surface area contributed by atoms with E-state index >= 15 is 0 Å². The van der Waals surface area contributed by atoms with Crippen molar-refractivity contribution in [3.05, 3.63) is 28.8 Å². The minimum absolute atomic E-state index is 0.0209. The molecule has 1 heterocycles. The zero-order valence-corrected chi connectivity index (χ0v) is 13.8. The van der Waals surface area contributed by atoms with Crippen molar-refractivity contribution in [1.29, 1.82) is 5.26 Å². The van der Waals surface area contributed by atoms with Gasteiger partial charge in [-0.05, 0) is 51.3 Å². The molecule has 4 heteroatoms. The predicted octanol–water partition coefficient (Wildman–Crippen LogP) is 3.18. The first kappa shape index (κ1) is 16.5. The molecule has 0 aliphatic carbocycles. The van der Waals surface area contributed by atoms with Gasteiger partial charge in [0.1, 0.15) is 0 Å². The van der Waals surface area contributed by atoms with E-state index in [1.165, 1.54) is 5.56 Å². The van der Waals surface area contributed by atoms with Gasteiger partial charge in [0.25, 0.3) is 0 Å². The Labute approximate surface area is 133 Å². The molecule has 4 nitrogen and oxygen atoms in total. The maximum Gasteiger partial charge on any atom is 0.228 e. The van der Waals surface area contributed by atoms with Crippen LogP contribution in [-0.2, 0) is 4.79 Å². The number of likely N-dealkylation sites (tertiary alicyclic amines) is 1. The largest absolute Gasteiger partial charge is 0.325 e. The molecule has 1 unspecified atom stereocenters. The molecule has 1 aromatic rings. The summed E-state index contributed by atoms with van der Waals surface area (Å²) in [7, 11) is 0. The highest BCUT2D eigenvalue weighted by molar-refractivity contribution is 5.94. The number of hydrogen-bond donors (Lipinski definition) is 1. The van der Waals surface area contributed by atoms with Crippen molar-refractivity contribution in [2.45, 2.75) is 40.0 Å². The van der Waals surface area contributed by atoms with Gasteiger partial charge in [0.15, 0.2) is 0 Å². The molecule has 0 saturated carbocycles. The minimum Gasteiger partial charge on any atom is -0.325 e. The Balaban J connectivity index is 2.02. The van der Waals surface area contributed by atoms with Crippen molar-refractivity contribution in [3.8, 4) is 6.07 Å². The first-order chi connectivity index (χ1) is 10.5. The van der Waals surface area contributed by atoms with Crippen LogP contribution in [0.2, 0.25) is 0 Å². The van der Waals surface area contributed by atoms with E-state index < -0.39 is 0 Å². The average molecular weight is 299 g/mol. The molecule has 118 valence electrons. The van der Waals surface area contributed by atoms with Gasteiger partial charge in [0.05, 0.1) is 12.0 Å². The highest BCUT2D eigenvalue weighted by atomic mass is 16.1. The zero-order chi connectivity index (χ0) is 16.1. The van der Waals surface area contributed by atoms with Gasteiger partial charge >= 0.3 is 0 Å². The number of carbonyl (C=O) groups is 1.